The Balaban J connectivity index is 0.00000110. The van der Waals surface area contributed by atoms with Crippen molar-refractivity contribution in [3.63, 3.8) is 0 Å². The second-order valence-corrected chi connectivity index (χ2v) is 5.19. The second-order valence-electron chi connectivity index (χ2n) is 5.19. The highest BCUT2D eigenvalue weighted by molar-refractivity contribution is 5.85. The summed E-state index contributed by atoms with van der Waals surface area (Å²) in [6.45, 7) is 5.67. The van der Waals surface area contributed by atoms with Crippen LogP contribution in [0.1, 0.15) is 17.0 Å². The lowest BCUT2D eigenvalue weighted by Crippen LogP contribution is -2.38. The minimum atomic E-state index is 0. The maximum Gasteiger partial charge on any atom is 0.226 e. The number of halogens is 2. The van der Waals surface area contributed by atoms with Crippen molar-refractivity contribution in [2.24, 2.45) is 5.73 Å². The number of rotatable bonds is 2. The lowest BCUT2D eigenvalue weighted by atomic mass is 10.0. The highest BCUT2D eigenvalue weighted by Crippen LogP contribution is 2.22. The summed E-state index contributed by atoms with van der Waals surface area (Å²) >= 11 is 0. The van der Waals surface area contributed by atoms with Gasteiger partial charge in [0.05, 0.1) is 24.6 Å². The molecule has 0 amide bonds. The normalized spacial score (nSPS) is 18.5. The molecular formula is C13H23Cl2N5O. The second kappa shape index (κ2) is 8.10. The Kier molecular flexibility index (Phi) is 7.09. The van der Waals surface area contributed by atoms with Gasteiger partial charge in [-0.25, -0.2) is 9.97 Å². The molecule has 2 aliphatic heterocycles. The van der Waals surface area contributed by atoms with E-state index in [0.29, 0.717) is 6.54 Å². The van der Waals surface area contributed by atoms with Crippen molar-refractivity contribution in [2.45, 2.75) is 19.5 Å². The average molecular weight is 336 g/mol. The molecule has 0 spiro atoms. The van der Waals surface area contributed by atoms with E-state index in [1.54, 1.807) is 0 Å². The molecule has 120 valence electrons. The fourth-order valence-corrected chi connectivity index (χ4v) is 2.68. The van der Waals surface area contributed by atoms with E-state index in [-0.39, 0.29) is 24.8 Å². The lowest BCUT2D eigenvalue weighted by Gasteiger charge is -2.30. The smallest absolute Gasteiger partial charge is 0.226 e. The van der Waals surface area contributed by atoms with Gasteiger partial charge in [0, 0.05) is 44.7 Å². The molecule has 6 nitrogen and oxygen atoms in total. The molecule has 21 heavy (non-hydrogen) atoms. The number of aromatic nitrogens is 2. The van der Waals surface area contributed by atoms with Crippen LogP contribution in [0.25, 0.3) is 0 Å². The molecule has 0 bridgehead atoms. The minimum absolute atomic E-state index is 0. The number of morpholine rings is 1. The molecule has 3 heterocycles. The first kappa shape index (κ1) is 18.4. The van der Waals surface area contributed by atoms with Crippen LogP contribution in [0.3, 0.4) is 0 Å². The van der Waals surface area contributed by atoms with Gasteiger partial charge >= 0.3 is 0 Å². The zero-order valence-corrected chi connectivity index (χ0v) is 13.9. The Morgan fingerprint density at radius 1 is 1.14 bits per heavy atom. The van der Waals surface area contributed by atoms with Gasteiger partial charge in [-0.3, -0.25) is 0 Å². The van der Waals surface area contributed by atoms with Gasteiger partial charge in [-0.15, -0.1) is 24.8 Å². The lowest BCUT2D eigenvalue weighted by molar-refractivity contribution is 0.122. The van der Waals surface area contributed by atoms with Gasteiger partial charge in [-0.2, -0.15) is 0 Å². The largest absolute Gasteiger partial charge is 0.378 e. The maximum absolute atomic E-state index is 5.87. The van der Waals surface area contributed by atoms with Gasteiger partial charge in [0.25, 0.3) is 0 Å². The number of hydrogen-bond donors (Lipinski definition) is 1. The Labute approximate surface area is 137 Å². The Bertz CT molecular complexity index is 451. The molecule has 1 aromatic heterocycles. The van der Waals surface area contributed by atoms with Crippen molar-refractivity contribution in [1.29, 1.82) is 0 Å². The number of nitrogens with zero attached hydrogens (tertiary/aromatic N) is 4. The first-order valence-electron chi connectivity index (χ1n) is 6.88. The van der Waals surface area contributed by atoms with Crippen molar-refractivity contribution >= 4 is 30.8 Å². The molecule has 0 saturated carbocycles. The van der Waals surface area contributed by atoms with E-state index in [1.165, 1.54) is 11.3 Å². The summed E-state index contributed by atoms with van der Waals surface area (Å²) in [7, 11) is 2.12. The quantitative estimate of drug-likeness (QED) is 0.853. The van der Waals surface area contributed by atoms with Crippen LogP contribution in [-0.4, -0.2) is 54.8 Å². The standard InChI is InChI=1S/C13H21N5O.2ClH/c1-17-3-2-11-10(9-17)12(8-14)16-13(15-11)18-4-6-19-7-5-18;;/h2-9,14H2,1H3;2*1H. The Morgan fingerprint density at radius 2 is 1.86 bits per heavy atom. The number of ether oxygens (including phenoxy) is 1. The molecule has 0 aliphatic carbocycles. The third kappa shape index (κ3) is 3.96. The number of anilines is 1. The van der Waals surface area contributed by atoms with Gasteiger partial charge in [0.2, 0.25) is 5.95 Å². The molecule has 0 atom stereocenters. The van der Waals surface area contributed by atoms with Crippen LogP contribution in [0.2, 0.25) is 0 Å². The molecule has 1 fully saturated rings. The average Bonchev–Trinajstić information content (AvgIpc) is 2.47. The third-order valence-electron chi connectivity index (χ3n) is 3.81. The van der Waals surface area contributed by atoms with Crippen LogP contribution in [0, 0.1) is 0 Å². The van der Waals surface area contributed by atoms with E-state index >= 15 is 0 Å². The van der Waals surface area contributed by atoms with Crippen molar-refractivity contribution in [1.82, 2.24) is 14.9 Å². The summed E-state index contributed by atoms with van der Waals surface area (Å²) in [5, 5.41) is 0. The van der Waals surface area contributed by atoms with E-state index in [2.05, 4.69) is 21.8 Å². The molecular weight excluding hydrogens is 313 g/mol. The Morgan fingerprint density at radius 3 is 2.52 bits per heavy atom. The van der Waals surface area contributed by atoms with E-state index in [0.717, 1.165) is 57.5 Å². The fraction of sp³-hybridized carbons (Fsp3) is 0.692. The van der Waals surface area contributed by atoms with Crippen molar-refractivity contribution in [3.8, 4) is 0 Å². The van der Waals surface area contributed by atoms with Crippen molar-refractivity contribution in [3.05, 3.63) is 17.0 Å². The van der Waals surface area contributed by atoms with Gasteiger partial charge in [-0.1, -0.05) is 0 Å². The zero-order valence-electron chi connectivity index (χ0n) is 12.2. The monoisotopic (exact) mass is 335 g/mol. The summed E-state index contributed by atoms with van der Waals surface area (Å²) < 4.78 is 5.38. The third-order valence-corrected chi connectivity index (χ3v) is 3.81. The molecule has 0 radical (unpaired) electrons. The van der Waals surface area contributed by atoms with E-state index in [9.17, 15) is 0 Å². The predicted octanol–water partition coefficient (Wildman–Crippen LogP) is 0.603. The van der Waals surface area contributed by atoms with Crippen molar-refractivity contribution < 1.29 is 4.74 Å². The van der Waals surface area contributed by atoms with Gasteiger partial charge < -0.3 is 20.3 Å². The van der Waals surface area contributed by atoms with Gasteiger partial charge in [0.1, 0.15) is 0 Å². The molecule has 0 unspecified atom stereocenters. The number of likely N-dealkylation sites (N-methyl/N-ethyl adjacent to an activating group) is 1. The highest BCUT2D eigenvalue weighted by Gasteiger charge is 2.22. The van der Waals surface area contributed by atoms with Crippen molar-refractivity contribution in [2.75, 3.05) is 44.8 Å². The topological polar surface area (TPSA) is 67.5 Å². The SMILES string of the molecule is CN1CCc2nc(N3CCOCC3)nc(CN)c2C1.Cl.Cl. The summed E-state index contributed by atoms with van der Waals surface area (Å²) in [4.78, 5) is 13.9. The minimum Gasteiger partial charge on any atom is -0.378 e. The molecule has 8 heteroatoms. The summed E-state index contributed by atoms with van der Waals surface area (Å²) in [6, 6.07) is 0. The van der Waals surface area contributed by atoms with Crippen LogP contribution in [-0.2, 0) is 24.2 Å². The highest BCUT2D eigenvalue weighted by atomic mass is 35.5. The first-order chi connectivity index (χ1) is 9.28. The fourth-order valence-electron chi connectivity index (χ4n) is 2.68. The first-order valence-corrected chi connectivity index (χ1v) is 6.88. The van der Waals surface area contributed by atoms with Crippen LogP contribution in [0.15, 0.2) is 0 Å². The molecule has 2 aliphatic rings. The number of fused-ring (bicyclic) bond motifs is 1. The summed E-state index contributed by atoms with van der Waals surface area (Å²) in [6.07, 6.45) is 0.985. The van der Waals surface area contributed by atoms with Crippen LogP contribution in [0.4, 0.5) is 5.95 Å². The van der Waals surface area contributed by atoms with E-state index in [1.807, 2.05) is 0 Å². The Hall–Kier alpha value is -0.660. The van der Waals surface area contributed by atoms with Gasteiger partial charge in [-0.05, 0) is 7.05 Å². The van der Waals surface area contributed by atoms with E-state index < -0.39 is 0 Å². The summed E-state index contributed by atoms with van der Waals surface area (Å²) in [5.74, 6) is 0.826. The maximum atomic E-state index is 5.87. The molecule has 1 saturated heterocycles. The number of nitrogens with two attached hydrogens (primary N) is 1. The zero-order chi connectivity index (χ0) is 13.2. The van der Waals surface area contributed by atoms with Crippen LogP contribution in [0.5, 0.6) is 0 Å². The molecule has 0 aromatic carbocycles. The van der Waals surface area contributed by atoms with Gasteiger partial charge in [0.15, 0.2) is 0 Å². The van der Waals surface area contributed by atoms with E-state index in [4.69, 9.17) is 15.5 Å². The predicted molar refractivity (Wildman–Crippen MR) is 87.5 cm³/mol. The van der Waals surface area contributed by atoms with Crippen LogP contribution < -0.4 is 10.6 Å². The molecule has 3 rings (SSSR count). The van der Waals surface area contributed by atoms with Crippen LogP contribution >= 0.6 is 24.8 Å². The molecule has 1 aromatic rings. The molecule has 2 N–H and O–H groups in total. The number of hydrogen-bond acceptors (Lipinski definition) is 6. The summed E-state index contributed by atoms with van der Waals surface area (Å²) in [5.41, 5.74) is 9.27.